The van der Waals surface area contributed by atoms with E-state index < -0.39 is 0 Å². The van der Waals surface area contributed by atoms with E-state index in [0.717, 1.165) is 27.8 Å². The van der Waals surface area contributed by atoms with Crippen molar-refractivity contribution >= 4 is 21.7 Å². The Bertz CT molecular complexity index is 619. The number of carbonyl (C=O) groups excluding carboxylic acids is 1. The van der Waals surface area contributed by atoms with Crippen LogP contribution in [0.25, 0.3) is 0 Å². The first-order valence-corrected chi connectivity index (χ1v) is 6.98. The van der Waals surface area contributed by atoms with Crippen molar-refractivity contribution in [1.82, 2.24) is 14.8 Å². The lowest BCUT2D eigenvalue weighted by molar-refractivity contribution is 0.0989. The van der Waals surface area contributed by atoms with E-state index in [4.69, 9.17) is 0 Å². The molecular weight excluding hydrogens is 306 g/mol. The Kier molecular flexibility index (Phi) is 4.14. The molecule has 0 saturated heterocycles. The van der Waals surface area contributed by atoms with Gasteiger partial charge in [-0.3, -0.25) is 14.5 Å². The van der Waals surface area contributed by atoms with Gasteiger partial charge in [-0.15, -0.1) is 0 Å². The van der Waals surface area contributed by atoms with Crippen molar-refractivity contribution in [3.05, 3.63) is 45.4 Å². The lowest BCUT2D eigenvalue weighted by Gasteiger charge is -2.05. The summed E-state index contributed by atoms with van der Waals surface area (Å²) < 4.78 is 2.71. The van der Waals surface area contributed by atoms with Crippen LogP contribution in [0.5, 0.6) is 0 Å². The summed E-state index contributed by atoms with van der Waals surface area (Å²) in [5.74, 6) is 0.0666. The third-order valence-corrected chi connectivity index (χ3v) is 4.09. The first-order chi connectivity index (χ1) is 9.04. The first kappa shape index (κ1) is 13.9. The maximum atomic E-state index is 12.3. The fourth-order valence-electron chi connectivity index (χ4n) is 2.02. The Labute approximate surface area is 121 Å². The van der Waals surface area contributed by atoms with Gasteiger partial charge in [-0.05, 0) is 40.9 Å². The summed E-state index contributed by atoms with van der Waals surface area (Å²) in [6, 6.07) is 1.85. The zero-order valence-corrected chi connectivity index (χ0v) is 12.9. The second-order valence-electron chi connectivity index (χ2n) is 4.48. The minimum absolute atomic E-state index is 0.0666. The molecule has 2 aromatic rings. The van der Waals surface area contributed by atoms with Gasteiger partial charge in [0.15, 0.2) is 5.78 Å². The average molecular weight is 322 g/mol. The van der Waals surface area contributed by atoms with E-state index in [0.29, 0.717) is 12.0 Å². The van der Waals surface area contributed by atoms with Crippen molar-refractivity contribution in [3.63, 3.8) is 0 Å². The van der Waals surface area contributed by atoms with Gasteiger partial charge in [0.25, 0.3) is 0 Å². The Morgan fingerprint density at radius 1 is 1.47 bits per heavy atom. The number of hydrogen-bond donors (Lipinski definition) is 0. The molecule has 0 saturated carbocycles. The van der Waals surface area contributed by atoms with Gasteiger partial charge in [0.1, 0.15) is 0 Å². The van der Waals surface area contributed by atoms with E-state index in [2.05, 4.69) is 26.0 Å². The zero-order valence-electron chi connectivity index (χ0n) is 11.3. The van der Waals surface area contributed by atoms with Gasteiger partial charge in [0.2, 0.25) is 0 Å². The molecule has 0 radical (unpaired) electrons. The maximum Gasteiger partial charge on any atom is 0.170 e. The standard InChI is InChI=1S/C14H16BrN3O/c1-4-11-14(15)12(18(3)17-11)7-13(19)10-8-16-6-5-9(10)2/h5-6,8H,4,7H2,1-3H3. The van der Waals surface area contributed by atoms with Crippen LogP contribution in [0.1, 0.15) is 34.2 Å². The number of carbonyl (C=O) groups is 1. The summed E-state index contributed by atoms with van der Waals surface area (Å²) in [5, 5.41) is 4.40. The molecule has 100 valence electrons. The second kappa shape index (κ2) is 5.65. The predicted octanol–water partition coefficient (Wildman–Crippen LogP) is 2.87. The van der Waals surface area contributed by atoms with Crippen LogP contribution < -0.4 is 0 Å². The van der Waals surface area contributed by atoms with Crippen molar-refractivity contribution in [2.24, 2.45) is 7.05 Å². The molecule has 0 N–H and O–H groups in total. The smallest absolute Gasteiger partial charge is 0.170 e. The summed E-state index contributed by atoms with van der Waals surface area (Å²) in [4.78, 5) is 16.4. The number of rotatable bonds is 4. The largest absolute Gasteiger partial charge is 0.294 e. The monoisotopic (exact) mass is 321 g/mol. The number of halogens is 1. The van der Waals surface area contributed by atoms with Gasteiger partial charge in [-0.25, -0.2) is 0 Å². The SMILES string of the molecule is CCc1nn(C)c(CC(=O)c2cnccc2C)c1Br. The molecule has 0 aliphatic rings. The van der Waals surface area contributed by atoms with Crippen LogP contribution in [-0.2, 0) is 19.9 Å². The Balaban J connectivity index is 2.30. The fraction of sp³-hybridized carbons (Fsp3) is 0.357. The van der Waals surface area contributed by atoms with Crippen LogP contribution in [-0.4, -0.2) is 20.5 Å². The molecule has 0 atom stereocenters. The molecule has 2 aromatic heterocycles. The number of pyridine rings is 1. The Morgan fingerprint density at radius 3 is 2.79 bits per heavy atom. The van der Waals surface area contributed by atoms with Crippen LogP contribution in [0.3, 0.4) is 0 Å². The minimum atomic E-state index is 0.0666. The van der Waals surface area contributed by atoms with Crippen molar-refractivity contribution < 1.29 is 4.79 Å². The third kappa shape index (κ3) is 2.76. The van der Waals surface area contributed by atoms with Crippen LogP contribution >= 0.6 is 15.9 Å². The number of aryl methyl sites for hydroxylation is 3. The Morgan fingerprint density at radius 2 is 2.21 bits per heavy atom. The van der Waals surface area contributed by atoms with Crippen LogP contribution in [0.15, 0.2) is 22.9 Å². The number of ketones is 1. The third-order valence-electron chi connectivity index (χ3n) is 3.17. The lowest BCUT2D eigenvalue weighted by Crippen LogP contribution is -2.10. The van der Waals surface area contributed by atoms with E-state index in [1.807, 2.05) is 27.0 Å². The van der Waals surface area contributed by atoms with E-state index in [9.17, 15) is 4.79 Å². The number of nitrogens with zero attached hydrogens (tertiary/aromatic N) is 3. The molecule has 0 amide bonds. The highest BCUT2D eigenvalue weighted by atomic mass is 79.9. The number of Topliss-reactive ketones (excluding diaryl/α,β-unsaturated/α-hetero) is 1. The van der Waals surface area contributed by atoms with Crippen LogP contribution in [0.2, 0.25) is 0 Å². The van der Waals surface area contributed by atoms with Gasteiger partial charge >= 0.3 is 0 Å². The molecule has 0 unspecified atom stereocenters. The summed E-state index contributed by atoms with van der Waals surface area (Å²) in [6.07, 6.45) is 4.50. The molecule has 5 heteroatoms. The van der Waals surface area contributed by atoms with Crippen molar-refractivity contribution in [3.8, 4) is 0 Å². The molecule has 2 heterocycles. The normalized spacial score (nSPS) is 10.7. The van der Waals surface area contributed by atoms with Gasteiger partial charge in [0, 0.05) is 25.0 Å². The van der Waals surface area contributed by atoms with Gasteiger partial charge in [0.05, 0.1) is 22.3 Å². The van der Waals surface area contributed by atoms with Crippen molar-refractivity contribution in [2.45, 2.75) is 26.7 Å². The highest BCUT2D eigenvalue weighted by Gasteiger charge is 2.17. The molecule has 0 aromatic carbocycles. The predicted molar refractivity (Wildman–Crippen MR) is 77.3 cm³/mol. The highest BCUT2D eigenvalue weighted by molar-refractivity contribution is 9.10. The second-order valence-corrected chi connectivity index (χ2v) is 5.27. The maximum absolute atomic E-state index is 12.3. The topological polar surface area (TPSA) is 47.8 Å². The van der Waals surface area contributed by atoms with Gasteiger partial charge in [-0.1, -0.05) is 6.92 Å². The molecule has 0 fully saturated rings. The number of hydrogen-bond acceptors (Lipinski definition) is 3. The molecular formula is C14H16BrN3O. The molecule has 0 bridgehead atoms. The first-order valence-electron chi connectivity index (χ1n) is 6.18. The number of aromatic nitrogens is 3. The summed E-state index contributed by atoms with van der Waals surface area (Å²) >= 11 is 3.53. The summed E-state index contributed by atoms with van der Waals surface area (Å²) in [7, 11) is 1.86. The highest BCUT2D eigenvalue weighted by Crippen LogP contribution is 2.23. The average Bonchev–Trinajstić information content (AvgIpc) is 2.66. The fourth-order valence-corrected chi connectivity index (χ4v) is 2.77. The van der Waals surface area contributed by atoms with E-state index in [1.54, 1.807) is 17.1 Å². The van der Waals surface area contributed by atoms with E-state index in [-0.39, 0.29) is 5.78 Å². The van der Waals surface area contributed by atoms with E-state index in [1.165, 1.54) is 0 Å². The minimum Gasteiger partial charge on any atom is -0.294 e. The molecule has 0 spiro atoms. The van der Waals surface area contributed by atoms with Crippen molar-refractivity contribution in [2.75, 3.05) is 0 Å². The Hall–Kier alpha value is -1.49. The van der Waals surface area contributed by atoms with Crippen LogP contribution in [0, 0.1) is 6.92 Å². The molecule has 2 rings (SSSR count). The van der Waals surface area contributed by atoms with Gasteiger partial charge < -0.3 is 0 Å². The van der Waals surface area contributed by atoms with Crippen molar-refractivity contribution in [1.29, 1.82) is 0 Å². The molecule has 0 aliphatic carbocycles. The summed E-state index contributed by atoms with van der Waals surface area (Å²) in [6.45, 7) is 3.97. The summed E-state index contributed by atoms with van der Waals surface area (Å²) in [5.41, 5.74) is 3.51. The van der Waals surface area contributed by atoms with Gasteiger partial charge in [-0.2, -0.15) is 5.10 Å². The lowest BCUT2D eigenvalue weighted by atomic mass is 10.0. The van der Waals surface area contributed by atoms with Crippen LogP contribution in [0.4, 0.5) is 0 Å². The molecule has 19 heavy (non-hydrogen) atoms. The quantitative estimate of drug-likeness (QED) is 0.813. The zero-order chi connectivity index (χ0) is 14.0. The molecule has 0 aliphatic heterocycles. The molecule has 4 nitrogen and oxygen atoms in total. The van der Waals surface area contributed by atoms with E-state index >= 15 is 0 Å².